The molecule has 0 bridgehead atoms. The molecule has 0 spiro atoms. The van der Waals surface area contributed by atoms with Gasteiger partial charge in [-0.1, -0.05) is 18.9 Å². The zero-order valence-corrected chi connectivity index (χ0v) is 18.2. The number of amides is 1. The van der Waals surface area contributed by atoms with E-state index in [0.717, 1.165) is 41.2 Å². The minimum absolute atomic E-state index is 0.0414. The predicted molar refractivity (Wildman–Crippen MR) is 119 cm³/mol. The van der Waals surface area contributed by atoms with Crippen LogP contribution in [-0.4, -0.2) is 39.6 Å². The van der Waals surface area contributed by atoms with Crippen LogP contribution in [0.3, 0.4) is 0 Å². The van der Waals surface area contributed by atoms with E-state index in [2.05, 4.69) is 4.98 Å². The third-order valence-corrected chi connectivity index (χ3v) is 7.96. The summed E-state index contributed by atoms with van der Waals surface area (Å²) in [5.74, 6) is 1.26. The molecular formula is C20H23N3O2S3. The number of rotatable bonds is 5. The molecule has 1 fully saturated rings. The van der Waals surface area contributed by atoms with Crippen LogP contribution in [-0.2, 0) is 4.79 Å². The van der Waals surface area contributed by atoms with Crippen molar-refractivity contribution in [2.45, 2.75) is 37.9 Å². The Hall–Kier alpha value is -1.64. The number of carbonyl (C=O) groups excluding carboxylic acids is 1. The number of carbonyl (C=O) groups is 1. The van der Waals surface area contributed by atoms with Crippen LogP contribution in [0.4, 0.5) is 0 Å². The summed E-state index contributed by atoms with van der Waals surface area (Å²) < 4.78 is 0. The molecule has 5 nitrogen and oxygen atoms in total. The average Bonchev–Trinajstić information content (AvgIpc) is 3.29. The molecule has 3 aromatic heterocycles. The molecule has 1 amide bonds. The zero-order chi connectivity index (χ0) is 19.5. The lowest BCUT2D eigenvalue weighted by molar-refractivity contribution is -0.128. The molecule has 0 aromatic carbocycles. The van der Waals surface area contributed by atoms with E-state index in [9.17, 15) is 9.59 Å². The summed E-state index contributed by atoms with van der Waals surface area (Å²) >= 11 is 4.66. The highest BCUT2D eigenvalue weighted by molar-refractivity contribution is 8.00. The highest BCUT2D eigenvalue weighted by Crippen LogP contribution is 2.34. The van der Waals surface area contributed by atoms with Gasteiger partial charge >= 0.3 is 0 Å². The molecule has 3 aromatic rings. The van der Waals surface area contributed by atoms with Crippen molar-refractivity contribution < 1.29 is 4.79 Å². The molecule has 0 saturated carbocycles. The van der Waals surface area contributed by atoms with Gasteiger partial charge in [-0.25, -0.2) is 4.98 Å². The Balaban J connectivity index is 1.48. The SMILES string of the molecule is C[C@@H](SCC(=O)N1CCCCCC1)c1nc2scc(-c3cccs3)c2c(=O)[nH]1. The van der Waals surface area contributed by atoms with Gasteiger partial charge in [-0.2, -0.15) is 0 Å². The molecule has 8 heteroatoms. The number of hydrogen-bond acceptors (Lipinski definition) is 6. The van der Waals surface area contributed by atoms with Gasteiger partial charge in [0, 0.05) is 28.9 Å². The number of likely N-dealkylation sites (tertiary alicyclic amines) is 1. The van der Waals surface area contributed by atoms with Gasteiger partial charge in [0.25, 0.3) is 5.56 Å². The van der Waals surface area contributed by atoms with Crippen molar-refractivity contribution in [1.29, 1.82) is 0 Å². The normalized spacial score (nSPS) is 16.2. The number of aromatic nitrogens is 2. The Morgan fingerprint density at radius 2 is 2.07 bits per heavy atom. The van der Waals surface area contributed by atoms with Crippen molar-refractivity contribution in [2.75, 3.05) is 18.8 Å². The van der Waals surface area contributed by atoms with E-state index >= 15 is 0 Å². The minimum atomic E-state index is -0.101. The molecule has 1 N–H and O–H groups in total. The predicted octanol–water partition coefficient (Wildman–Crippen LogP) is 4.91. The van der Waals surface area contributed by atoms with Crippen LogP contribution in [0.5, 0.6) is 0 Å². The van der Waals surface area contributed by atoms with Crippen LogP contribution < -0.4 is 5.56 Å². The summed E-state index contributed by atoms with van der Waals surface area (Å²) in [5.41, 5.74) is 0.850. The van der Waals surface area contributed by atoms with E-state index in [1.54, 1.807) is 23.1 Å². The number of nitrogens with one attached hydrogen (secondary N) is 1. The third kappa shape index (κ3) is 4.18. The minimum Gasteiger partial charge on any atom is -0.342 e. The largest absolute Gasteiger partial charge is 0.342 e. The molecule has 1 aliphatic rings. The van der Waals surface area contributed by atoms with Gasteiger partial charge in [-0.15, -0.1) is 34.4 Å². The van der Waals surface area contributed by atoms with Crippen LogP contribution in [0.15, 0.2) is 27.7 Å². The van der Waals surface area contributed by atoms with E-state index in [0.29, 0.717) is 17.0 Å². The molecule has 4 rings (SSSR count). The van der Waals surface area contributed by atoms with Crippen molar-refractivity contribution >= 4 is 50.6 Å². The fourth-order valence-corrected chi connectivity index (χ4v) is 6.07. The number of nitrogens with zero attached hydrogens (tertiary/aromatic N) is 2. The second-order valence-electron chi connectivity index (χ2n) is 7.01. The molecule has 1 atom stereocenters. The monoisotopic (exact) mass is 433 g/mol. The fraction of sp³-hybridized carbons (Fsp3) is 0.450. The Morgan fingerprint density at radius 3 is 2.79 bits per heavy atom. The van der Waals surface area contributed by atoms with E-state index in [1.807, 2.05) is 34.7 Å². The average molecular weight is 434 g/mol. The van der Waals surface area contributed by atoms with Crippen LogP contribution in [0.25, 0.3) is 20.7 Å². The molecule has 4 heterocycles. The highest BCUT2D eigenvalue weighted by atomic mass is 32.2. The number of H-pyrrole nitrogens is 1. The summed E-state index contributed by atoms with van der Waals surface area (Å²) in [6, 6.07) is 4.01. The van der Waals surface area contributed by atoms with Crippen LogP contribution >= 0.6 is 34.4 Å². The molecule has 28 heavy (non-hydrogen) atoms. The Bertz CT molecular complexity index is 1000. The van der Waals surface area contributed by atoms with E-state index < -0.39 is 0 Å². The maximum atomic E-state index is 12.7. The number of fused-ring (bicyclic) bond motifs is 1. The molecule has 148 valence electrons. The Morgan fingerprint density at radius 1 is 1.29 bits per heavy atom. The first-order valence-electron chi connectivity index (χ1n) is 9.58. The highest BCUT2D eigenvalue weighted by Gasteiger charge is 2.20. The van der Waals surface area contributed by atoms with Gasteiger partial charge < -0.3 is 9.88 Å². The summed E-state index contributed by atoms with van der Waals surface area (Å²) in [6.07, 6.45) is 4.63. The van der Waals surface area contributed by atoms with Crippen LogP contribution in [0, 0.1) is 0 Å². The number of thioether (sulfide) groups is 1. The van der Waals surface area contributed by atoms with Gasteiger partial charge in [0.1, 0.15) is 10.7 Å². The third-order valence-electron chi connectivity index (χ3n) is 5.05. The summed E-state index contributed by atoms with van der Waals surface area (Å²) in [6.45, 7) is 3.74. The van der Waals surface area contributed by atoms with Gasteiger partial charge in [0.05, 0.1) is 16.4 Å². The lowest BCUT2D eigenvalue weighted by atomic mass is 10.2. The first-order valence-corrected chi connectivity index (χ1v) is 12.4. The molecule has 0 radical (unpaired) electrons. The fourth-order valence-electron chi connectivity index (χ4n) is 3.46. The standard InChI is InChI=1S/C20H23N3O2S3/c1-13(27-12-16(24)23-8-4-2-3-5-9-23)18-21-19(25)17-14(11-28-20(17)22-18)15-7-6-10-26-15/h6-7,10-11,13H,2-5,8-9,12H2,1H3,(H,21,22,25)/t13-/m1/s1. The van der Waals surface area contributed by atoms with Crippen molar-refractivity contribution in [3.05, 3.63) is 39.1 Å². The Kier molecular flexibility index (Phi) is 6.18. The number of thiophene rings is 2. The zero-order valence-electron chi connectivity index (χ0n) is 15.8. The molecule has 0 unspecified atom stereocenters. The van der Waals surface area contributed by atoms with Crippen molar-refractivity contribution in [3.63, 3.8) is 0 Å². The van der Waals surface area contributed by atoms with E-state index in [1.165, 1.54) is 24.2 Å². The summed E-state index contributed by atoms with van der Waals surface area (Å²) in [4.78, 5) is 36.7. The first kappa shape index (κ1) is 19.7. The van der Waals surface area contributed by atoms with Crippen molar-refractivity contribution in [2.24, 2.45) is 0 Å². The number of aromatic amines is 1. The van der Waals surface area contributed by atoms with E-state index in [-0.39, 0.29) is 16.7 Å². The topological polar surface area (TPSA) is 66.1 Å². The molecular weight excluding hydrogens is 410 g/mol. The molecule has 1 aliphatic heterocycles. The number of hydrogen-bond donors (Lipinski definition) is 1. The van der Waals surface area contributed by atoms with Crippen molar-refractivity contribution in [3.8, 4) is 10.4 Å². The van der Waals surface area contributed by atoms with Gasteiger partial charge in [-0.05, 0) is 31.2 Å². The van der Waals surface area contributed by atoms with Crippen molar-refractivity contribution in [1.82, 2.24) is 14.9 Å². The van der Waals surface area contributed by atoms with Gasteiger partial charge in [0.15, 0.2) is 0 Å². The molecule has 0 aliphatic carbocycles. The van der Waals surface area contributed by atoms with Gasteiger partial charge in [0.2, 0.25) is 5.91 Å². The summed E-state index contributed by atoms with van der Waals surface area (Å²) in [7, 11) is 0. The summed E-state index contributed by atoms with van der Waals surface area (Å²) in [5, 5.41) is 4.63. The quantitative estimate of drug-likeness (QED) is 0.621. The first-order chi connectivity index (χ1) is 13.6. The maximum absolute atomic E-state index is 12.7. The second-order valence-corrected chi connectivity index (χ2v) is 10.1. The smallest absolute Gasteiger partial charge is 0.260 e. The molecule has 1 saturated heterocycles. The Labute approximate surface area is 176 Å². The maximum Gasteiger partial charge on any atom is 0.260 e. The van der Waals surface area contributed by atoms with Crippen LogP contribution in [0.2, 0.25) is 0 Å². The second kappa shape index (κ2) is 8.80. The van der Waals surface area contributed by atoms with Crippen LogP contribution in [0.1, 0.15) is 43.7 Å². The van der Waals surface area contributed by atoms with Gasteiger partial charge in [-0.3, -0.25) is 9.59 Å². The lowest BCUT2D eigenvalue weighted by Crippen LogP contribution is -2.33. The van der Waals surface area contributed by atoms with E-state index in [4.69, 9.17) is 4.98 Å². The lowest BCUT2D eigenvalue weighted by Gasteiger charge is -2.21.